The average Bonchev–Trinajstić information content (AvgIpc) is 2.85. The topological polar surface area (TPSA) is 27.7 Å². The molecule has 0 aromatic heterocycles. The summed E-state index contributed by atoms with van der Waals surface area (Å²) in [7, 11) is 2.80. The Morgan fingerprint density at radius 1 is 0.875 bits per heavy atom. The number of hydrogen-bond acceptors (Lipinski definition) is 3. The molecule has 2 aliphatic rings. The van der Waals surface area contributed by atoms with Crippen molar-refractivity contribution >= 4 is 8.80 Å². The van der Waals surface area contributed by atoms with Crippen molar-refractivity contribution in [2.45, 2.75) is 32.2 Å². The zero-order valence-corrected chi connectivity index (χ0v) is 12.0. The van der Waals surface area contributed by atoms with Crippen LogP contribution in [0.15, 0.2) is 0 Å². The summed E-state index contributed by atoms with van der Waals surface area (Å²) < 4.78 is 17.0. The lowest BCUT2D eigenvalue weighted by Gasteiger charge is -2.39. The molecule has 0 amide bonds. The quantitative estimate of drug-likeness (QED) is 0.711. The Kier molecular flexibility index (Phi) is 3.46. The van der Waals surface area contributed by atoms with Gasteiger partial charge < -0.3 is 13.3 Å². The minimum absolute atomic E-state index is 0.517. The summed E-state index contributed by atoms with van der Waals surface area (Å²) in [6, 6.07) is 0. The van der Waals surface area contributed by atoms with E-state index in [9.17, 15) is 0 Å². The van der Waals surface area contributed by atoms with Crippen LogP contribution in [-0.4, -0.2) is 30.1 Å². The van der Waals surface area contributed by atoms with Gasteiger partial charge in [0.1, 0.15) is 0 Å². The second kappa shape index (κ2) is 4.41. The Morgan fingerprint density at radius 2 is 1.44 bits per heavy atom. The summed E-state index contributed by atoms with van der Waals surface area (Å²) in [6.07, 6.45) is 2.58. The second-order valence-electron chi connectivity index (χ2n) is 5.44. The lowest BCUT2D eigenvalue weighted by atomic mass is 9.81. The average molecular weight is 244 g/mol. The Balaban J connectivity index is 2.18. The summed E-state index contributed by atoms with van der Waals surface area (Å²) in [5, 5.41) is 0. The summed E-state index contributed by atoms with van der Waals surface area (Å²) in [5.74, 6) is 3.25. The molecule has 16 heavy (non-hydrogen) atoms. The van der Waals surface area contributed by atoms with E-state index in [1.807, 2.05) is 0 Å². The van der Waals surface area contributed by atoms with Gasteiger partial charge in [0.25, 0.3) is 0 Å². The monoisotopic (exact) mass is 244 g/mol. The van der Waals surface area contributed by atoms with Crippen LogP contribution < -0.4 is 0 Å². The van der Waals surface area contributed by atoms with Gasteiger partial charge in [0.15, 0.2) is 0 Å². The van der Waals surface area contributed by atoms with Crippen LogP contribution >= 0.6 is 0 Å². The van der Waals surface area contributed by atoms with E-state index >= 15 is 0 Å². The van der Waals surface area contributed by atoms with Gasteiger partial charge in [0, 0.05) is 26.9 Å². The highest BCUT2D eigenvalue weighted by Crippen LogP contribution is 2.60. The van der Waals surface area contributed by atoms with Crippen LogP contribution in [0.2, 0.25) is 5.54 Å². The van der Waals surface area contributed by atoms with Gasteiger partial charge >= 0.3 is 8.80 Å². The van der Waals surface area contributed by atoms with Crippen molar-refractivity contribution in [3.8, 4) is 0 Å². The predicted molar refractivity (Wildman–Crippen MR) is 65.1 cm³/mol. The molecule has 0 radical (unpaired) electrons. The van der Waals surface area contributed by atoms with Gasteiger partial charge in [0.2, 0.25) is 0 Å². The van der Waals surface area contributed by atoms with Crippen molar-refractivity contribution in [2.24, 2.45) is 23.7 Å². The zero-order valence-electron chi connectivity index (χ0n) is 11.0. The molecule has 0 N–H and O–H groups in total. The normalized spacial score (nSPS) is 42.9. The Bertz CT molecular complexity index is 244. The van der Waals surface area contributed by atoms with Crippen LogP contribution in [0.25, 0.3) is 0 Å². The largest absolute Gasteiger partial charge is 0.503 e. The third-order valence-electron chi connectivity index (χ3n) is 5.20. The maximum atomic E-state index is 5.65. The lowest BCUT2D eigenvalue weighted by Crippen LogP contribution is -2.50. The molecule has 5 unspecified atom stereocenters. The first kappa shape index (κ1) is 12.6. The molecule has 2 bridgehead atoms. The lowest BCUT2D eigenvalue weighted by molar-refractivity contribution is 0.0898. The SMILES string of the molecule is CO[Si](OC)(OC)C1CC2CC1C(C)C2C. The molecule has 2 aliphatic carbocycles. The summed E-state index contributed by atoms with van der Waals surface area (Å²) in [5.41, 5.74) is 0.517. The fraction of sp³-hybridized carbons (Fsp3) is 1.00. The molecule has 4 heteroatoms. The van der Waals surface area contributed by atoms with Crippen molar-refractivity contribution in [1.82, 2.24) is 0 Å². The molecule has 0 heterocycles. The van der Waals surface area contributed by atoms with Crippen LogP contribution in [0.5, 0.6) is 0 Å². The van der Waals surface area contributed by atoms with Crippen molar-refractivity contribution in [3.63, 3.8) is 0 Å². The maximum absolute atomic E-state index is 5.65. The van der Waals surface area contributed by atoms with Crippen molar-refractivity contribution < 1.29 is 13.3 Å². The van der Waals surface area contributed by atoms with Crippen LogP contribution in [0.1, 0.15) is 26.7 Å². The highest BCUT2D eigenvalue weighted by molar-refractivity contribution is 6.62. The van der Waals surface area contributed by atoms with E-state index in [0.717, 1.165) is 23.7 Å². The van der Waals surface area contributed by atoms with E-state index in [1.165, 1.54) is 12.8 Å². The fourth-order valence-electron chi connectivity index (χ4n) is 4.05. The molecule has 3 nitrogen and oxygen atoms in total. The molecule has 0 aromatic carbocycles. The summed E-state index contributed by atoms with van der Waals surface area (Å²) >= 11 is 0. The van der Waals surface area contributed by atoms with Gasteiger partial charge in [-0.2, -0.15) is 0 Å². The van der Waals surface area contributed by atoms with E-state index < -0.39 is 8.80 Å². The number of fused-ring (bicyclic) bond motifs is 2. The molecule has 0 aliphatic heterocycles. The van der Waals surface area contributed by atoms with Crippen LogP contribution in [0, 0.1) is 23.7 Å². The van der Waals surface area contributed by atoms with Crippen molar-refractivity contribution in [2.75, 3.05) is 21.3 Å². The third-order valence-corrected chi connectivity index (χ3v) is 8.48. The van der Waals surface area contributed by atoms with Crippen molar-refractivity contribution in [3.05, 3.63) is 0 Å². The van der Waals surface area contributed by atoms with E-state index in [1.54, 1.807) is 21.3 Å². The smallest absolute Gasteiger partial charge is 0.377 e. The molecule has 2 saturated carbocycles. The fourth-order valence-corrected chi connectivity index (χ4v) is 7.01. The van der Waals surface area contributed by atoms with Gasteiger partial charge in [-0.3, -0.25) is 0 Å². The first-order chi connectivity index (χ1) is 7.59. The van der Waals surface area contributed by atoms with E-state index in [-0.39, 0.29) is 0 Å². The molecule has 0 aromatic rings. The Hall–Kier alpha value is 0.0969. The van der Waals surface area contributed by atoms with Gasteiger partial charge in [-0.1, -0.05) is 13.8 Å². The van der Waals surface area contributed by atoms with E-state index in [0.29, 0.717) is 5.54 Å². The summed E-state index contributed by atoms with van der Waals surface area (Å²) in [4.78, 5) is 0. The number of rotatable bonds is 4. The van der Waals surface area contributed by atoms with Crippen molar-refractivity contribution in [1.29, 1.82) is 0 Å². The minimum atomic E-state index is -2.41. The van der Waals surface area contributed by atoms with E-state index in [2.05, 4.69) is 13.8 Å². The standard InChI is InChI=1S/C12H24O3Si/c1-8-9(2)11-6-10(8)7-12(11)16(13-3,14-4)15-5/h8-12H,6-7H2,1-5H3. The first-order valence-corrected chi connectivity index (χ1v) is 8.05. The molecule has 5 atom stereocenters. The Morgan fingerprint density at radius 3 is 1.81 bits per heavy atom. The highest BCUT2D eigenvalue weighted by atomic mass is 28.4. The third kappa shape index (κ3) is 1.58. The zero-order chi connectivity index (χ0) is 11.9. The predicted octanol–water partition coefficient (Wildman–Crippen LogP) is 2.55. The molecule has 0 spiro atoms. The summed E-state index contributed by atoms with van der Waals surface area (Å²) in [6.45, 7) is 4.77. The second-order valence-corrected chi connectivity index (χ2v) is 8.61. The highest BCUT2D eigenvalue weighted by Gasteiger charge is 2.60. The minimum Gasteiger partial charge on any atom is -0.377 e. The van der Waals surface area contributed by atoms with Gasteiger partial charge in [-0.15, -0.1) is 0 Å². The molecular weight excluding hydrogens is 220 g/mol. The van der Waals surface area contributed by atoms with Gasteiger partial charge in [0.05, 0.1) is 0 Å². The van der Waals surface area contributed by atoms with E-state index in [4.69, 9.17) is 13.3 Å². The van der Waals surface area contributed by atoms with Crippen LogP contribution in [0.3, 0.4) is 0 Å². The van der Waals surface area contributed by atoms with Crippen LogP contribution in [0.4, 0.5) is 0 Å². The maximum Gasteiger partial charge on any atom is 0.503 e. The molecular formula is C12H24O3Si. The number of hydrogen-bond donors (Lipinski definition) is 0. The molecule has 0 saturated heterocycles. The van der Waals surface area contributed by atoms with Gasteiger partial charge in [-0.05, 0) is 36.5 Å². The first-order valence-electron chi connectivity index (χ1n) is 6.25. The molecule has 94 valence electrons. The molecule has 2 rings (SSSR count). The molecule has 2 fully saturated rings. The Labute approximate surface area is 99.8 Å². The van der Waals surface area contributed by atoms with Crippen LogP contribution in [-0.2, 0) is 13.3 Å². The van der Waals surface area contributed by atoms with Gasteiger partial charge in [-0.25, -0.2) is 0 Å².